The third-order valence-electron chi connectivity index (χ3n) is 4.30. The molecule has 0 spiro atoms. The largest absolute Gasteiger partial charge is 0.389 e. The number of ether oxygens (including phenoxy) is 1. The summed E-state index contributed by atoms with van der Waals surface area (Å²) in [4.78, 5) is 2.38. The van der Waals surface area contributed by atoms with Crippen molar-refractivity contribution in [3.63, 3.8) is 0 Å². The van der Waals surface area contributed by atoms with E-state index in [0.717, 1.165) is 23.7 Å². The molecule has 0 radical (unpaired) electrons. The molecule has 1 saturated heterocycles. The van der Waals surface area contributed by atoms with E-state index in [4.69, 9.17) is 16.3 Å². The fraction of sp³-hybridized carbons (Fsp3) is 0.667. The summed E-state index contributed by atoms with van der Waals surface area (Å²) >= 11 is 5.89. The van der Waals surface area contributed by atoms with E-state index in [1.165, 1.54) is 32.1 Å². The predicted molar refractivity (Wildman–Crippen MR) is 91.4 cm³/mol. The van der Waals surface area contributed by atoms with Crippen LogP contribution >= 0.6 is 11.6 Å². The molecule has 0 saturated carbocycles. The molecule has 1 heterocycles. The predicted octanol–water partition coefficient (Wildman–Crippen LogP) is 4.04. The molecule has 124 valence electrons. The molecule has 1 fully saturated rings. The normalized spacial score (nSPS) is 20.1. The standard InChI is InChI=1S/C18H28ClNO2/c1-15(16-7-9-17(19)10-8-16)22-14-18(21)13-20-11-5-3-2-4-6-12-20/h7-10,15,18,21H,2-6,11-14H2,1H3. The molecule has 2 unspecified atom stereocenters. The smallest absolute Gasteiger partial charge is 0.0900 e. The molecule has 1 aliphatic heterocycles. The molecule has 0 amide bonds. The van der Waals surface area contributed by atoms with Crippen LogP contribution in [-0.4, -0.2) is 42.4 Å². The second-order valence-corrected chi connectivity index (χ2v) is 6.69. The lowest BCUT2D eigenvalue weighted by Gasteiger charge is -2.27. The summed E-state index contributed by atoms with van der Waals surface area (Å²) in [5.41, 5.74) is 1.09. The number of likely N-dealkylation sites (tertiary alicyclic amines) is 1. The van der Waals surface area contributed by atoms with Gasteiger partial charge in [0.05, 0.1) is 18.8 Å². The summed E-state index contributed by atoms with van der Waals surface area (Å²) in [6.07, 6.45) is 6.03. The van der Waals surface area contributed by atoms with Gasteiger partial charge in [0, 0.05) is 11.6 Å². The van der Waals surface area contributed by atoms with Crippen molar-refractivity contribution in [1.29, 1.82) is 0 Å². The van der Waals surface area contributed by atoms with Crippen molar-refractivity contribution in [1.82, 2.24) is 4.90 Å². The van der Waals surface area contributed by atoms with Crippen LogP contribution in [0.5, 0.6) is 0 Å². The highest BCUT2D eigenvalue weighted by Gasteiger charge is 2.15. The lowest BCUT2D eigenvalue weighted by atomic mass is 10.1. The van der Waals surface area contributed by atoms with Crippen LogP contribution < -0.4 is 0 Å². The van der Waals surface area contributed by atoms with Crippen molar-refractivity contribution in [2.24, 2.45) is 0 Å². The second-order valence-electron chi connectivity index (χ2n) is 6.25. The highest BCUT2D eigenvalue weighted by molar-refractivity contribution is 6.30. The van der Waals surface area contributed by atoms with Crippen molar-refractivity contribution in [2.45, 2.75) is 51.2 Å². The molecule has 0 bridgehead atoms. The lowest BCUT2D eigenvalue weighted by molar-refractivity contribution is -0.0164. The van der Waals surface area contributed by atoms with Gasteiger partial charge in [-0.3, -0.25) is 0 Å². The van der Waals surface area contributed by atoms with Crippen LogP contribution in [0.25, 0.3) is 0 Å². The minimum Gasteiger partial charge on any atom is -0.389 e. The van der Waals surface area contributed by atoms with E-state index in [0.29, 0.717) is 13.2 Å². The van der Waals surface area contributed by atoms with E-state index < -0.39 is 6.10 Å². The van der Waals surface area contributed by atoms with Gasteiger partial charge in [0.15, 0.2) is 0 Å². The van der Waals surface area contributed by atoms with E-state index in [2.05, 4.69) is 4.90 Å². The molecular formula is C18H28ClNO2. The SMILES string of the molecule is CC(OCC(O)CN1CCCCCCC1)c1ccc(Cl)cc1. The van der Waals surface area contributed by atoms with E-state index in [1.54, 1.807) is 0 Å². The Morgan fingerprint density at radius 3 is 2.32 bits per heavy atom. The zero-order valence-corrected chi connectivity index (χ0v) is 14.3. The van der Waals surface area contributed by atoms with Gasteiger partial charge >= 0.3 is 0 Å². The number of aliphatic hydroxyl groups is 1. The number of β-amino-alcohol motifs (C(OH)–C–C–N with tert-alkyl or cyclic N) is 1. The van der Waals surface area contributed by atoms with Crippen LogP contribution in [0.15, 0.2) is 24.3 Å². The van der Waals surface area contributed by atoms with Crippen molar-refractivity contribution in [3.05, 3.63) is 34.9 Å². The number of hydrogen-bond donors (Lipinski definition) is 1. The Hall–Kier alpha value is -0.610. The average Bonchev–Trinajstić information content (AvgIpc) is 2.48. The summed E-state index contributed by atoms with van der Waals surface area (Å²) < 4.78 is 5.81. The maximum atomic E-state index is 10.2. The Morgan fingerprint density at radius 1 is 1.09 bits per heavy atom. The quantitative estimate of drug-likeness (QED) is 0.856. The van der Waals surface area contributed by atoms with E-state index >= 15 is 0 Å². The second kappa shape index (κ2) is 9.51. The fourth-order valence-electron chi connectivity index (χ4n) is 2.93. The summed E-state index contributed by atoms with van der Waals surface area (Å²) in [5.74, 6) is 0. The molecule has 1 aromatic rings. The van der Waals surface area contributed by atoms with Gasteiger partial charge < -0.3 is 14.7 Å². The monoisotopic (exact) mass is 325 g/mol. The third kappa shape index (κ3) is 6.25. The van der Waals surface area contributed by atoms with Gasteiger partial charge in [-0.05, 0) is 50.6 Å². The summed E-state index contributed by atoms with van der Waals surface area (Å²) in [5, 5.41) is 10.9. The first-order valence-corrected chi connectivity index (χ1v) is 8.80. The van der Waals surface area contributed by atoms with Crippen LogP contribution in [0, 0.1) is 0 Å². The fourth-order valence-corrected chi connectivity index (χ4v) is 3.06. The Morgan fingerprint density at radius 2 is 1.68 bits per heavy atom. The van der Waals surface area contributed by atoms with Crippen LogP contribution in [-0.2, 0) is 4.74 Å². The van der Waals surface area contributed by atoms with Crippen LogP contribution in [0.1, 0.15) is 50.7 Å². The molecule has 1 N–H and O–H groups in total. The first-order valence-electron chi connectivity index (χ1n) is 8.42. The van der Waals surface area contributed by atoms with Crippen molar-refractivity contribution in [2.75, 3.05) is 26.2 Å². The number of halogens is 1. The minimum atomic E-state index is -0.422. The Balaban J connectivity index is 1.71. The molecular weight excluding hydrogens is 298 g/mol. The Bertz CT molecular complexity index is 416. The van der Waals surface area contributed by atoms with E-state index in [1.807, 2.05) is 31.2 Å². The highest BCUT2D eigenvalue weighted by Crippen LogP contribution is 2.19. The number of nitrogens with zero attached hydrogens (tertiary/aromatic N) is 1. The summed E-state index contributed by atoms with van der Waals surface area (Å²) in [6, 6.07) is 7.68. The van der Waals surface area contributed by atoms with Gasteiger partial charge in [0.25, 0.3) is 0 Å². The number of rotatable bonds is 6. The first-order chi connectivity index (χ1) is 10.6. The molecule has 1 aliphatic rings. The van der Waals surface area contributed by atoms with E-state index in [9.17, 15) is 5.11 Å². The molecule has 0 aromatic heterocycles. The topological polar surface area (TPSA) is 32.7 Å². The van der Waals surface area contributed by atoms with Gasteiger partial charge in [0.2, 0.25) is 0 Å². The van der Waals surface area contributed by atoms with Gasteiger partial charge in [-0.1, -0.05) is 43.0 Å². The van der Waals surface area contributed by atoms with Crippen LogP contribution in [0.3, 0.4) is 0 Å². The number of aliphatic hydroxyl groups excluding tert-OH is 1. The minimum absolute atomic E-state index is 0.0285. The van der Waals surface area contributed by atoms with Gasteiger partial charge in [-0.25, -0.2) is 0 Å². The highest BCUT2D eigenvalue weighted by atomic mass is 35.5. The molecule has 2 atom stereocenters. The van der Waals surface area contributed by atoms with Crippen molar-refractivity contribution in [3.8, 4) is 0 Å². The van der Waals surface area contributed by atoms with Gasteiger partial charge in [0.1, 0.15) is 0 Å². The molecule has 2 rings (SSSR count). The zero-order chi connectivity index (χ0) is 15.8. The van der Waals surface area contributed by atoms with Gasteiger partial charge in [-0.15, -0.1) is 0 Å². The van der Waals surface area contributed by atoms with Gasteiger partial charge in [-0.2, -0.15) is 0 Å². The molecule has 1 aromatic carbocycles. The summed E-state index contributed by atoms with van der Waals surface area (Å²) in [6.45, 7) is 5.30. The lowest BCUT2D eigenvalue weighted by Crippen LogP contribution is -2.37. The number of hydrogen-bond acceptors (Lipinski definition) is 3. The van der Waals surface area contributed by atoms with Crippen molar-refractivity contribution < 1.29 is 9.84 Å². The molecule has 4 heteroatoms. The molecule has 22 heavy (non-hydrogen) atoms. The number of benzene rings is 1. The zero-order valence-electron chi connectivity index (χ0n) is 13.5. The maximum absolute atomic E-state index is 10.2. The molecule has 3 nitrogen and oxygen atoms in total. The van der Waals surface area contributed by atoms with Crippen LogP contribution in [0.2, 0.25) is 5.02 Å². The summed E-state index contributed by atoms with van der Waals surface area (Å²) in [7, 11) is 0. The molecule has 0 aliphatic carbocycles. The third-order valence-corrected chi connectivity index (χ3v) is 4.55. The Kier molecular flexibility index (Phi) is 7.67. The first kappa shape index (κ1) is 17.7. The maximum Gasteiger partial charge on any atom is 0.0900 e. The average molecular weight is 326 g/mol. The van der Waals surface area contributed by atoms with Crippen molar-refractivity contribution >= 4 is 11.6 Å². The Labute approximate surface area is 139 Å². The van der Waals surface area contributed by atoms with E-state index in [-0.39, 0.29) is 6.10 Å². The van der Waals surface area contributed by atoms with Crippen LogP contribution in [0.4, 0.5) is 0 Å².